The Hall–Kier alpha value is -7.48. The van der Waals surface area contributed by atoms with Gasteiger partial charge in [-0.05, 0) is 196 Å². The maximum atomic E-state index is 9.26. The summed E-state index contributed by atoms with van der Waals surface area (Å²) in [6, 6.07) is 41.2. The van der Waals surface area contributed by atoms with Gasteiger partial charge in [-0.1, -0.05) is 48.5 Å². The van der Waals surface area contributed by atoms with E-state index in [9.17, 15) is 20.4 Å². The molecule has 76 heavy (non-hydrogen) atoms. The third-order valence-corrected chi connectivity index (χ3v) is 13.6. The summed E-state index contributed by atoms with van der Waals surface area (Å²) in [7, 11) is 0. The van der Waals surface area contributed by atoms with Crippen LogP contribution < -0.4 is 18.9 Å². The van der Waals surface area contributed by atoms with Gasteiger partial charge in [0.05, 0.1) is 49.2 Å². The molecule has 2 aliphatic heterocycles. The standard InChI is InChI=1S/C64H70N4O8/c69-37-5-1-9-41-73-49-21-13-45(14-22-49)61-53-29-31-55(65-53)62(46-15-23-50(24-16-46)74-42-10-2-6-38-70)57-33-35-59(67-57)64(48-19-27-52(28-20-48)76-44-12-4-8-40-72)60-36-34-58(68-60)63(56-32-30-54(61)66-56)47-17-25-51(26-18-47)75-43-11-3-7-39-71/h13-36,65,68-72H,1-12,37-44H2. The maximum Gasteiger partial charge on any atom is 0.119 e. The van der Waals surface area contributed by atoms with E-state index in [-0.39, 0.29) is 26.4 Å². The second-order valence-corrected chi connectivity index (χ2v) is 19.1. The minimum atomic E-state index is 0.184. The first-order valence-electron chi connectivity index (χ1n) is 27.1. The molecule has 9 rings (SSSR count). The van der Waals surface area contributed by atoms with E-state index < -0.39 is 0 Å². The minimum Gasteiger partial charge on any atom is -0.494 e. The zero-order chi connectivity index (χ0) is 52.3. The predicted octanol–water partition coefficient (Wildman–Crippen LogP) is 13.5. The van der Waals surface area contributed by atoms with Gasteiger partial charge in [-0.15, -0.1) is 0 Å². The zero-order valence-corrected chi connectivity index (χ0v) is 43.3. The Morgan fingerprint density at radius 3 is 0.711 bits per heavy atom. The molecular formula is C64H70N4O8. The number of aliphatic hydroxyl groups is 4. The average Bonchev–Trinajstić information content (AvgIpc) is 4.32. The average molecular weight is 1020 g/mol. The number of aliphatic hydroxyl groups excluding tert-OH is 4. The molecule has 5 heterocycles. The van der Waals surface area contributed by atoms with Gasteiger partial charge in [-0.2, -0.15) is 0 Å². The van der Waals surface area contributed by atoms with Crippen LogP contribution >= 0.6 is 0 Å². The number of aromatic nitrogens is 4. The fraction of sp³-hybridized carbons (Fsp3) is 0.312. The van der Waals surface area contributed by atoms with Crippen molar-refractivity contribution in [1.29, 1.82) is 0 Å². The van der Waals surface area contributed by atoms with Crippen LogP contribution in [0.5, 0.6) is 23.0 Å². The summed E-state index contributed by atoms with van der Waals surface area (Å²) < 4.78 is 24.6. The van der Waals surface area contributed by atoms with Gasteiger partial charge in [0.2, 0.25) is 0 Å². The molecule has 0 amide bonds. The molecule has 6 N–H and O–H groups in total. The van der Waals surface area contributed by atoms with Crippen molar-refractivity contribution in [2.24, 2.45) is 0 Å². The van der Waals surface area contributed by atoms with Crippen LogP contribution in [0.25, 0.3) is 90.9 Å². The maximum absolute atomic E-state index is 9.26. The lowest BCUT2D eigenvalue weighted by molar-refractivity contribution is 0.265. The van der Waals surface area contributed by atoms with Crippen molar-refractivity contribution >= 4 is 46.4 Å². The highest BCUT2D eigenvalue weighted by molar-refractivity contribution is 6.00. The second-order valence-electron chi connectivity index (χ2n) is 19.1. The molecule has 0 saturated carbocycles. The molecule has 0 unspecified atom stereocenters. The van der Waals surface area contributed by atoms with Crippen molar-refractivity contribution in [3.63, 3.8) is 0 Å². The van der Waals surface area contributed by atoms with E-state index in [4.69, 9.17) is 28.9 Å². The summed E-state index contributed by atoms with van der Waals surface area (Å²) in [5, 5.41) is 37.0. The van der Waals surface area contributed by atoms with Gasteiger partial charge in [-0.3, -0.25) is 0 Å². The van der Waals surface area contributed by atoms with Gasteiger partial charge >= 0.3 is 0 Å². The van der Waals surface area contributed by atoms with Gasteiger partial charge in [0.1, 0.15) is 23.0 Å². The Kier molecular flexibility index (Phi) is 19.2. The van der Waals surface area contributed by atoms with Gasteiger partial charge in [0.15, 0.2) is 0 Å². The Labute approximate surface area is 445 Å². The molecule has 8 bridgehead atoms. The first-order valence-corrected chi connectivity index (χ1v) is 27.1. The first-order chi connectivity index (χ1) is 37.5. The van der Waals surface area contributed by atoms with E-state index >= 15 is 0 Å². The number of H-pyrrole nitrogens is 2. The van der Waals surface area contributed by atoms with Crippen molar-refractivity contribution in [2.45, 2.75) is 77.0 Å². The molecule has 3 aromatic heterocycles. The smallest absolute Gasteiger partial charge is 0.119 e. The van der Waals surface area contributed by atoms with Crippen molar-refractivity contribution in [2.75, 3.05) is 52.9 Å². The van der Waals surface area contributed by atoms with E-state index in [0.29, 0.717) is 26.4 Å². The SMILES string of the molecule is OCCCCCOc1ccc(-c2c3nc(c(-c4ccc(OCCCCCO)cc4)c4ccc([nH]4)c(-c4ccc(OCCCCCO)cc4)c4nc(c(-c5ccc(OCCCCCO)cc5)c5ccc2[nH]5)C=C4)C=C3)cc1. The molecule has 7 aromatic rings. The fourth-order valence-corrected chi connectivity index (χ4v) is 9.61. The summed E-state index contributed by atoms with van der Waals surface area (Å²) in [6.07, 6.45) is 18.5. The highest BCUT2D eigenvalue weighted by atomic mass is 16.5. The molecule has 12 nitrogen and oxygen atoms in total. The minimum absolute atomic E-state index is 0.184. The predicted molar refractivity (Wildman–Crippen MR) is 306 cm³/mol. The van der Waals surface area contributed by atoms with E-state index in [1.807, 2.05) is 48.5 Å². The lowest BCUT2D eigenvalue weighted by atomic mass is 10.0. The third kappa shape index (κ3) is 13.7. The number of benzene rings is 4. The van der Waals surface area contributed by atoms with Crippen LogP contribution in [0.4, 0.5) is 0 Å². The van der Waals surface area contributed by atoms with Gasteiger partial charge < -0.3 is 49.3 Å². The monoisotopic (exact) mass is 1020 g/mol. The molecule has 394 valence electrons. The summed E-state index contributed by atoms with van der Waals surface area (Å²) in [5.41, 5.74) is 14.2. The van der Waals surface area contributed by atoms with E-state index in [1.165, 1.54) is 0 Å². The lowest BCUT2D eigenvalue weighted by Crippen LogP contribution is -1.98. The number of rotatable bonds is 28. The van der Waals surface area contributed by atoms with Crippen molar-refractivity contribution in [3.8, 4) is 67.5 Å². The highest BCUT2D eigenvalue weighted by Crippen LogP contribution is 2.40. The van der Waals surface area contributed by atoms with E-state index in [0.717, 1.165) is 189 Å². The zero-order valence-electron chi connectivity index (χ0n) is 43.3. The molecule has 4 aromatic carbocycles. The van der Waals surface area contributed by atoms with Crippen LogP contribution in [0.3, 0.4) is 0 Å². The van der Waals surface area contributed by atoms with Crippen LogP contribution in [0, 0.1) is 0 Å². The fourth-order valence-electron chi connectivity index (χ4n) is 9.61. The molecule has 0 fully saturated rings. The summed E-state index contributed by atoms with van der Waals surface area (Å²) in [5.74, 6) is 3.10. The first kappa shape index (κ1) is 53.3. The number of aromatic amines is 2. The topological polar surface area (TPSA) is 175 Å². The largest absolute Gasteiger partial charge is 0.494 e. The number of fused-ring (bicyclic) bond motifs is 8. The van der Waals surface area contributed by atoms with Crippen molar-refractivity contribution in [3.05, 3.63) is 144 Å². The molecule has 0 spiro atoms. The van der Waals surface area contributed by atoms with Crippen LogP contribution in [-0.2, 0) is 0 Å². The number of ether oxygens (including phenoxy) is 4. The van der Waals surface area contributed by atoms with E-state index in [1.54, 1.807) is 0 Å². The van der Waals surface area contributed by atoms with Crippen molar-refractivity contribution < 1.29 is 39.4 Å². The van der Waals surface area contributed by atoms with Crippen LogP contribution in [0.2, 0.25) is 0 Å². The molecule has 0 aliphatic carbocycles. The number of nitrogens with one attached hydrogen (secondary N) is 2. The third-order valence-electron chi connectivity index (χ3n) is 13.6. The van der Waals surface area contributed by atoms with Crippen LogP contribution in [0.1, 0.15) is 99.8 Å². The quantitative estimate of drug-likeness (QED) is 0.0259. The summed E-state index contributed by atoms with van der Waals surface area (Å²) >= 11 is 0. The Bertz CT molecular complexity index is 2780. The van der Waals surface area contributed by atoms with Gasteiger partial charge in [-0.25, -0.2) is 9.97 Å². The normalized spacial score (nSPS) is 11.8. The lowest BCUT2D eigenvalue weighted by Gasteiger charge is -2.10. The number of hydrogen-bond acceptors (Lipinski definition) is 10. The van der Waals surface area contributed by atoms with E-state index in [2.05, 4.69) is 107 Å². The van der Waals surface area contributed by atoms with Crippen molar-refractivity contribution in [1.82, 2.24) is 19.9 Å². The highest BCUT2D eigenvalue weighted by Gasteiger charge is 2.20. The molecule has 2 aliphatic rings. The number of unbranched alkanes of at least 4 members (excludes halogenated alkanes) is 8. The molecular weight excluding hydrogens is 953 g/mol. The number of nitrogens with zero attached hydrogens (tertiary/aromatic N) is 2. The van der Waals surface area contributed by atoms with Crippen LogP contribution in [0.15, 0.2) is 121 Å². The Morgan fingerprint density at radius 2 is 0.500 bits per heavy atom. The molecule has 0 saturated heterocycles. The van der Waals surface area contributed by atoms with Gasteiger partial charge in [0, 0.05) is 70.7 Å². The Morgan fingerprint density at radius 1 is 0.276 bits per heavy atom. The molecule has 0 atom stereocenters. The summed E-state index contributed by atoms with van der Waals surface area (Å²) in [4.78, 5) is 18.7. The number of hydrogen-bond donors (Lipinski definition) is 6. The van der Waals surface area contributed by atoms with Gasteiger partial charge in [0.25, 0.3) is 0 Å². The van der Waals surface area contributed by atoms with Crippen LogP contribution in [-0.4, -0.2) is 93.2 Å². The Balaban J connectivity index is 1.23. The second kappa shape index (κ2) is 27.3. The molecule has 12 heteroatoms. The summed E-state index contributed by atoms with van der Waals surface area (Å²) in [6.45, 7) is 3.02. The molecule has 0 radical (unpaired) electrons.